The predicted molar refractivity (Wildman–Crippen MR) is 153 cm³/mol. The van der Waals surface area contributed by atoms with E-state index in [0.717, 1.165) is 35.1 Å². The normalized spacial score (nSPS) is 24.0. The summed E-state index contributed by atoms with van der Waals surface area (Å²) in [4.78, 5) is 56.7. The van der Waals surface area contributed by atoms with Crippen LogP contribution in [0.5, 0.6) is 0 Å². The molecule has 5 rings (SSSR count). The number of halogens is 1. The van der Waals surface area contributed by atoms with Gasteiger partial charge in [-0.1, -0.05) is 61.7 Å². The molecule has 4 atom stereocenters. The smallest absolute Gasteiger partial charge is 0.325 e. The summed E-state index contributed by atoms with van der Waals surface area (Å²) in [5.41, 5.74) is -0.703. The topological polar surface area (TPSA) is 146 Å². The van der Waals surface area contributed by atoms with E-state index in [0.29, 0.717) is 12.0 Å². The van der Waals surface area contributed by atoms with Gasteiger partial charge in [0.1, 0.15) is 5.54 Å². The molecule has 3 aromatic rings. The summed E-state index contributed by atoms with van der Waals surface area (Å²) in [5, 5.41) is 26.8. The lowest BCUT2D eigenvalue weighted by Crippen LogP contribution is -2.57. The molecule has 4 unspecified atom stereocenters. The SMILES string of the molecule is CCCCC=CCCN1C(=O)C2C(c3cc(Cl)ccc3[N+](=O)[O-])NC(Cc3c[nH]c4ccccc34)(C(=O)O)C2C1=O. The number of carboxylic acid groups (broad SMARTS) is 1. The number of nitrogens with zero attached hydrogens (tertiary/aromatic N) is 2. The van der Waals surface area contributed by atoms with E-state index in [-0.39, 0.29) is 29.2 Å². The van der Waals surface area contributed by atoms with Crippen LogP contribution in [0.4, 0.5) is 5.69 Å². The van der Waals surface area contributed by atoms with Gasteiger partial charge in [0.25, 0.3) is 5.69 Å². The summed E-state index contributed by atoms with van der Waals surface area (Å²) < 4.78 is 0. The molecule has 3 N–H and O–H groups in total. The number of H-pyrrole nitrogens is 1. The van der Waals surface area contributed by atoms with Gasteiger partial charge in [-0.05, 0) is 36.6 Å². The number of nitro groups is 1. The number of carbonyl (C=O) groups excluding carboxylic acids is 2. The van der Waals surface area contributed by atoms with Crippen LogP contribution in [0.15, 0.2) is 60.8 Å². The van der Waals surface area contributed by atoms with Crippen LogP contribution in [0.3, 0.4) is 0 Å². The zero-order valence-corrected chi connectivity index (χ0v) is 23.3. The van der Waals surface area contributed by atoms with Crippen molar-refractivity contribution in [3.05, 3.63) is 87.1 Å². The predicted octanol–water partition coefficient (Wildman–Crippen LogP) is 5.18. The van der Waals surface area contributed by atoms with Crippen LogP contribution in [0.25, 0.3) is 10.9 Å². The van der Waals surface area contributed by atoms with Gasteiger partial charge in [0, 0.05) is 46.7 Å². The third-order valence-electron chi connectivity index (χ3n) is 8.20. The number of nitrogens with one attached hydrogen (secondary N) is 2. The van der Waals surface area contributed by atoms with E-state index in [1.54, 1.807) is 6.20 Å². The Labute approximate surface area is 241 Å². The summed E-state index contributed by atoms with van der Waals surface area (Å²) in [6.45, 7) is 2.19. The van der Waals surface area contributed by atoms with E-state index in [4.69, 9.17) is 11.6 Å². The first-order chi connectivity index (χ1) is 19.7. The Balaban J connectivity index is 1.59. The molecule has 2 aliphatic heterocycles. The van der Waals surface area contributed by atoms with Crippen LogP contribution in [0.1, 0.15) is 49.8 Å². The number of hydrogen-bond acceptors (Lipinski definition) is 6. The number of carbonyl (C=O) groups is 3. The summed E-state index contributed by atoms with van der Waals surface area (Å²) in [6.07, 6.45) is 8.90. The van der Waals surface area contributed by atoms with Crippen molar-refractivity contribution in [1.29, 1.82) is 0 Å². The van der Waals surface area contributed by atoms with E-state index < -0.39 is 46.1 Å². The molecule has 2 fully saturated rings. The summed E-state index contributed by atoms with van der Waals surface area (Å²) in [5.74, 6) is -4.90. The molecule has 41 heavy (non-hydrogen) atoms. The van der Waals surface area contributed by atoms with Crippen molar-refractivity contribution >= 4 is 46.0 Å². The molecular formula is C30H31ClN4O6. The van der Waals surface area contributed by atoms with Crippen molar-refractivity contribution in [2.75, 3.05) is 6.54 Å². The van der Waals surface area contributed by atoms with E-state index in [2.05, 4.69) is 17.2 Å². The Kier molecular flexibility index (Phi) is 7.97. The van der Waals surface area contributed by atoms with Gasteiger partial charge >= 0.3 is 5.97 Å². The number of carboxylic acids is 1. The lowest BCUT2D eigenvalue weighted by atomic mass is 9.76. The molecule has 3 heterocycles. The van der Waals surface area contributed by atoms with Crippen LogP contribution in [-0.2, 0) is 20.8 Å². The first kappa shape index (κ1) is 28.5. The van der Waals surface area contributed by atoms with E-state index in [1.807, 2.05) is 36.4 Å². The zero-order valence-electron chi connectivity index (χ0n) is 22.5. The Hall–Kier alpha value is -4.02. The molecule has 0 bridgehead atoms. The number of nitro benzene ring substituents is 1. The van der Waals surface area contributed by atoms with Crippen molar-refractivity contribution < 1.29 is 24.4 Å². The van der Waals surface area contributed by atoms with Gasteiger partial charge in [-0.15, -0.1) is 0 Å². The fourth-order valence-corrected chi connectivity index (χ4v) is 6.45. The van der Waals surface area contributed by atoms with Crippen molar-refractivity contribution in [2.45, 2.75) is 50.6 Å². The molecule has 2 aromatic carbocycles. The monoisotopic (exact) mass is 578 g/mol. The molecule has 2 aliphatic rings. The number of aromatic amines is 1. The highest BCUT2D eigenvalue weighted by Crippen LogP contribution is 2.52. The molecule has 2 amide bonds. The Morgan fingerprint density at radius 2 is 1.93 bits per heavy atom. The first-order valence-electron chi connectivity index (χ1n) is 13.7. The summed E-state index contributed by atoms with van der Waals surface area (Å²) >= 11 is 6.23. The molecular weight excluding hydrogens is 548 g/mol. The number of imide groups is 1. The van der Waals surface area contributed by atoms with Crippen LogP contribution >= 0.6 is 11.6 Å². The molecule has 1 aromatic heterocycles. The van der Waals surface area contributed by atoms with Gasteiger partial charge in [0.15, 0.2) is 0 Å². The minimum absolute atomic E-state index is 0.0713. The number of fused-ring (bicyclic) bond motifs is 2. The molecule has 214 valence electrons. The standard InChI is InChI=1S/C30H31ClN4O6/c1-2-3-4-5-6-9-14-34-27(36)24-25(28(34)37)30(29(38)39,16-18-17-32-22-11-8-7-10-20(18)22)33-26(24)21-15-19(31)12-13-23(21)35(40)41/h5-8,10-13,15,17,24-26,32-33H,2-4,9,14,16H2,1H3,(H,38,39). The van der Waals surface area contributed by atoms with Crippen LogP contribution < -0.4 is 5.32 Å². The third-order valence-corrected chi connectivity index (χ3v) is 8.44. The van der Waals surface area contributed by atoms with Crippen molar-refractivity contribution in [1.82, 2.24) is 15.2 Å². The Morgan fingerprint density at radius 1 is 1.17 bits per heavy atom. The molecule has 2 saturated heterocycles. The zero-order chi connectivity index (χ0) is 29.3. The Morgan fingerprint density at radius 3 is 2.66 bits per heavy atom. The van der Waals surface area contributed by atoms with Crippen molar-refractivity contribution in [3.8, 4) is 0 Å². The molecule has 0 aliphatic carbocycles. The highest BCUT2D eigenvalue weighted by atomic mass is 35.5. The number of para-hydroxylation sites is 1. The van der Waals surface area contributed by atoms with Crippen LogP contribution in [0, 0.1) is 22.0 Å². The maximum absolute atomic E-state index is 13.9. The minimum atomic E-state index is -1.91. The van der Waals surface area contributed by atoms with Gasteiger partial charge in [0.05, 0.1) is 22.8 Å². The number of rotatable bonds is 11. The van der Waals surface area contributed by atoms with Crippen LogP contribution in [0.2, 0.25) is 5.02 Å². The maximum Gasteiger partial charge on any atom is 0.325 e. The molecule has 0 radical (unpaired) electrons. The molecule has 10 nitrogen and oxygen atoms in total. The summed E-state index contributed by atoms with van der Waals surface area (Å²) in [7, 11) is 0. The Bertz CT molecular complexity index is 1550. The number of allylic oxidation sites excluding steroid dienone is 1. The van der Waals surface area contributed by atoms with Gasteiger partial charge < -0.3 is 10.1 Å². The highest BCUT2D eigenvalue weighted by Gasteiger charge is 2.68. The van der Waals surface area contributed by atoms with Gasteiger partial charge in [0.2, 0.25) is 11.8 Å². The first-order valence-corrected chi connectivity index (χ1v) is 14.1. The minimum Gasteiger partial charge on any atom is -0.480 e. The molecule has 11 heteroatoms. The van der Waals surface area contributed by atoms with E-state index in [9.17, 15) is 29.6 Å². The second-order valence-corrected chi connectivity index (χ2v) is 11.1. The van der Waals surface area contributed by atoms with Gasteiger partial charge in [-0.25, -0.2) is 0 Å². The highest BCUT2D eigenvalue weighted by molar-refractivity contribution is 6.30. The number of amides is 2. The number of aliphatic carboxylic acids is 1. The number of benzene rings is 2. The lowest BCUT2D eigenvalue weighted by Gasteiger charge is -2.31. The van der Waals surface area contributed by atoms with E-state index >= 15 is 0 Å². The summed E-state index contributed by atoms with van der Waals surface area (Å²) in [6, 6.07) is 10.2. The fraction of sp³-hybridized carbons (Fsp3) is 0.367. The quantitative estimate of drug-likeness (QED) is 0.0934. The van der Waals surface area contributed by atoms with Crippen molar-refractivity contribution in [3.63, 3.8) is 0 Å². The third kappa shape index (κ3) is 5.02. The maximum atomic E-state index is 13.9. The second kappa shape index (κ2) is 11.5. The fourth-order valence-electron chi connectivity index (χ4n) is 6.27. The van der Waals surface area contributed by atoms with Crippen molar-refractivity contribution in [2.24, 2.45) is 11.8 Å². The average molecular weight is 579 g/mol. The molecule has 0 saturated carbocycles. The lowest BCUT2D eigenvalue weighted by molar-refractivity contribution is -0.385. The number of hydrogen-bond donors (Lipinski definition) is 3. The average Bonchev–Trinajstić information content (AvgIpc) is 3.59. The largest absolute Gasteiger partial charge is 0.480 e. The second-order valence-electron chi connectivity index (χ2n) is 10.6. The van der Waals surface area contributed by atoms with Gasteiger partial charge in [-0.3, -0.25) is 34.7 Å². The van der Waals surface area contributed by atoms with E-state index in [1.165, 1.54) is 18.2 Å². The number of aromatic nitrogens is 1. The van der Waals surface area contributed by atoms with Gasteiger partial charge in [-0.2, -0.15) is 0 Å². The number of likely N-dealkylation sites (tertiary alicyclic amines) is 1. The molecule has 0 spiro atoms. The number of unbranched alkanes of at least 4 members (excludes halogenated alkanes) is 2. The van der Waals surface area contributed by atoms with Crippen LogP contribution in [-0.4, -0.2) is 49.8 Å².